The van der Waals surface area contributed by atoms with Gasteiger partial charge in [0.15, 0.2) is 10.9 Å². The van der Waals surface area contributed by atoms with Crippen molar-refractivity contribution in [2.45, 2.75) is 30.7 Å². The topological polar surface area (TPSA) is 99.5 Å². The fourth-order valence-electron chi connectivity index (χ4n) is 3.79. The summed E-state index contributed by atoms with van der Waals surface area (Å²) in [5.41, 5.74) is 1.80. The maximum atomic E-state index is 12.8. The van der Waals surface area contributed by atoms with Crippen LogP contribution in [0.5, 0.6) is 0 Å². The lowest BCUT2D eigenvalue weighted by atomic mass is 10.1. The second kappa shape index (κ2) is 10.1. The predicted molar refractivity (Wildman–Crippen MR) is 125 cm³/mol. The number of piperazine rings is 1. The molecule has 2 aromatic heterocycles. The van der Waals surface area contributed by atoms with E-state index in [9.17, 15) is 14.4 Å². The number of carbonyl (C=O) groups is 2. The molecule has 172 valence electrons. The minimum atomic E-state index is -0.287. The fraction of sp³-hybridized carbons (Fsp3) is 0.333. The Labute approximate surface area is 196 Å². The first-order valence-corrected chi connectivity index (χ1v) is 11.7. The summed E-state index contributed by atoms with van der Waals surface area (Å²) in [6.07, 6.45) is 1.45. The zero-order valence-corrected chi connectivity index (χ0v) is 19.4. The summed E-state index contributed by atoms with van der Waals surface area (Å²) in [4.78, 5) is 48.7. The lowest BCUT2D eigenvalue weighted by Gasteiger charge is -2.34. The highest BCUT2D eigenvalue weighted by Crippen LogP contribution is 2.32. The van der Waals surface area contributed by atoms with Gasteiger partial charge >= 0.3 is 0 Å². The van der Waals surface area contributed by atoms with E-state index in [-0.39, 0.29) is 29.0 Å². The van der Waals surface area contributed by atoms with Crippen molar-refractivity contribution in [3.8, 4) is 0 Å². The summed E-state index contributed by atoms with van der Waals surface area (Å²) in [5, 5.41) is 0.663. The molecule has 0 radical (unpaired) electrons. The van der Waals surface area contributed by atoms with Crippen LogP contribution in [0.25, 0.3) is 0 Å². The van der Waals surface area contributed by atoms with Gasteiger partial charge in [-0.1, -0.05) is 42.1 Å². The Kier molecular flexibility index (Phi) is 6.98. The summed E-state index contributed by atoms with van der Waals surface area (Å²) in [6.45, 7) is 5.49. The first kappa shape index (κ1) is 22.8. The van der Waals surface area contributed by atoms with Crippen LogP contribution in [0.4, 0.5) is 0 Å². The maximum Gasteiger partial charge on any atom is 0.289 e. The molecule has 2 amide bonds. The van der Waals surface area contributed by atoms with Gasteiger partial charge in [0.25, 0.3) is 11.5 Å². The van der Waals surface area contributed by atoms with Gasteiger partial charge < -0.3 is 19.2 Å². The summed E-state index contributed by atoms with van der Waals surface area (Å²) in [7, 11) is 0. The van der Waals surface area contributed by atoms with Crippen LogP contribution in [0.2, 0.25) is 0 Å². The molecule has 1 aliphatic rings. The van der Waals surface area contributed by atoms with Crippen molar-refractivity contribution in [1.29, 1.82) is 0 Å². The molecule has 1 aliphatic heterocycles. The van der Waals surface area contributed by atoms with Crippen molar-refractivity contribution < 1.29 is 14.0 Å². The molecule has 1 fully saturated rings. The van der Waals surface area contributed by atoms with E-state index in [1.165, 1.54) is 18.0 Å². The third kappa shape index (κ3) is 5.36. The van der Waals surface area contributed by atoms with E-state index in [1.54, 1.807) is 28.9 Å². The molecule has 4 rings (SSSR count). The van der Waals surface area contributed by atoms with Crippen LogP contribution in [0.1, 0.15) is 39.5 Å². The zero-order valence-electron chi connectivity index (χ0n) is 18.6. The number of benzene rings is 1. The van der Waals surface area contributed by atoms with E-state index in [2.05, 4.69) is 16.9 Å². The van der Waals surface area contributed by atoms with E-state index in [1.807, 2.05) is 30.3 Å². The quantitative estimate of drug-likeness (QED) is 0.443. The van der Waals surface area contributed by atoms with Gasteiger partial charge in [-0.05, 0) is 31.5 Å². The standard InChI is InChI=1S/C24H26N4O4S/c1-16-19(22(30)26-24(25-16)33-17(2)18-7-4-3-5-8-18)15-21(29)27-10-12-28(13-11-27)23(31)20-9-6-14-32-20/h3-9,14,17H,10-13,15H2,1-2H3,(H,25,26,30). The summed E-state index contributed by atoms with van der Waals surface area (Å²) in [6, 6.07) is 13.3. The van der Waals surface area contributed by atoms with Crippen molar-refractivity contribution in [1.82, 2.24) is 19.8 Å². The van der Waals surface area contributed by atoms with Crippen molar-refractivity contribution in [3.05, 3.63) is 81.7 Å². The first-order valence-electron chi connectivity index (χ1n) is 10.8. The number of aromatic nitrogens is 2. The first-order chi connectivity index (χ1) is 15.9. The fourth-order valence-corrected chi connectivity index (χ4v) is 4.76. The Bertz CT molecular complexity index is 1170. The Hall–Kier alpha value is -3.33. The number of carbonyl (C=O) groups excluding carboxylic acids is 2. The van der Waals surface area contributed by atoms with Gasteiger partial charge in [-0.15, -0.1) is 0 Å². The number of aryl methyl sites for hydroxylation is 1. The molecule has 1 unspecified atom stereocenters. The van der Waals surface area contributed by atoms with Gasteiger partial charge in [-0.3, -0.25) is 14.4 Å². The van der Waals surface area contributed by atoms with Gasteiger partial charge in [-0.2, -0.15) is 0 Å². The number of hydrogen-bond acceptors (Lipinski definition) is 6. The number of nitrogens with one attached hydrogen (secondary N) is 1. The molecule has 1 atom stereocenters. The highest BCUT2D eigenvalue weighted by Gasteiger charge is 2.27. The molecule has 9 heteroatoms. The van der Waals surface area contributed by atoms with E-state index >= 15 is 0 Å². The van der Waals surface area contributed by atoms with Gasteiger partial charge in [0.05, 0.1) is 12.7 Å². The third-order valence-electron chi connectivity index (χ3n) is 5.74. The lowest BCUT2D eigenvalue weighted by Crippen LogP contribution is -2.51. The predicted octanol–water partition coefficient (Wildman–Crippen LogP) is 3.05. The average Bonchev–Trinajstić information content (AvgIpc) is 3.36. The molecule has 0 spiro atoms. The molecule has 1 saturated heterocycles. The van der Waals surface area contributed by atoms with Gasteiger partial charge in [0.1, 0.15) is 0 Å². The highest BCUT2D eigenvalue weighted by atomic mass is 32.2. The van der Waals surface area contributed by atoms with Crippen molar-refractivity contribution in [2.24, 2.45) is 0 Å². The Morgan fingerprint density at radius 3 is 2.42 bits per heavy atom. The molecule has 1 N–H and O–H groups in total. The monoisotopic (exact) mass is 466 g/mol. The second-order valence-electron chi connectivity index (χ2n) is 7.93. The van der Waals surface area contributed by atoms with Crippen LogP contribution in [0, 0.1) is 6.92 Å². The van der Waals surface area contributed by atoms with Crippen LogP contribution in [-0.4, -0.2) is 57.8 Å². The van der Waals surface area contributed by atoms with Crippen molar-refractivity contribution in [2.75, 3.05) is 26.2 Å². The number of hydrogen-bond donors (Lipinski definition) is 1. The normalized spacial score (nSPS) is 14.8. The minimum absolute atomic E-state index is 0.0144. The van der Waals surface area contributed by atoms with Gasteiger partial charge in [-0.25, -0.2) is 4.98 Å². The van der Waals surface area contributed by atoms with Crippen molar-refractivity contribution in [3.63, 3.8) is 0 Å². The Morgan fingerprint density at radius 1 is 1.09 bits per heavy atom. The molecule has 3 heterocycles. The number of nitrogens with zero attached hydrogens (tertiary/aromatic N) is 3. The maximum absolute atomic E-state index is 12.8. The molecule has 0 saturated carbocycles. The lowest BCUT2D eigenvalue weighted by molar-refractivity contribution is -0.132. The number of rotatable bonds is 6. The SMILES string of the molecule is Cc1nc(SC(C)c2ccccc2)[nH]c(=O)c1CC(=O)N1CCN(C(=O)c2ccco2)CC1. The number of furan rings is 1. The average molecular weight is 467 g/mol. The summed E-state index contributed by atoms with van der Waals surface area (Å²) in [5.74, 6) is -0.0301. The molecule has 0 aliphatic carbocycles. The highest BCUT2D eigenvalue weighted by molar-refractivity contribution is 7.99. The number of thioether (sulfide) groups is 1. The second-order valence-corrected chi connectivity index (χ2v) is 9.26. The van der Waals surface area contributed by atoms with Crippen LogP contribution in [0.15, 0.2) is 63.1 Å². The van der Waals surface area contributed by atoms with E-state index in [4.69, 9.17) is 4.42 Å². The third-order valence-corrected chi connectivity index (χ3v) is 6.78. The molecule has 3 aromatic rings. The molecule has 0 bridgehead atoms. The Balaban J connectivity index is 1.36. The van der Waals surface area contributed by atoms with E-state index in [0.717, 1.165) is 5.56 Å². The molecular weight excluding hydrogens is 440 g/mol. The largest absolute Gasteiger partial charge is 0.459 e. The van der Waals surface area contributed by atoms with E-state index in [0.29, 0.717) is 48.4 Å². The number of amides is 2. The van der Waals surface area contributed by atoms with Crippen LogP contribution < -0.4 is 5.56 Å². The Morgan fingerprint density at radius 2 is 1.79 bits per heavy atom. The minimum Gasteiger partial charge on any atom is -0.459 e. The molecule has 8 nitrogen and oxygen atoms in total. The zero-order chi connectivity index (χ0) is 23.4. The van der Waals surface area contributed by atoms with Crippen molar-refractivity contribution >= 4 is 23.6 Å². The molecule has 33 heavy (non-hydrogen) atoms. The van der Waals surface area contributed by atoms with Gasteiger partial charge in [0, 0.05) is 42.7 Å². The van der Waals surface area contributed by atoms with Crippen LogP contribution in [0.3, 0.4) is 0 Å². The van der Waals surface area contributed by atoms with Gasteiger partial charge in [0.2, 0.25) is 5.91 Å². The van der Waals surface area contributed by atoms with Crippen LogP contribution >= 0.6 is 11.8 Å². The summed E-state index contributed by atoms with van der Waals surface area (Å²) < 4.78 is 5.17. The van der Waals surface area contributed by atoms with Crippen LogP contribution in [-0.2, 0) is 11.2 Å². The molecular formula is C24H26N4O4S. The smallest absolute Gasteiger partial charge is 0.289 e. The number of aromatic amines is 1. The van der Waals surface area contributed by atoms with E-state index < -0.39 is 0 Å². The number of H-pyrrole nitrogens is 1. The molecule has 1 aromatic carbocycles. The summed E-state index contributed by atoms with van der Waals surface area (Å²) >= 11 is 1.48.